The van der Waals surface area contributed by atoms with Crippen LogP contribution in [0.2, 0.25) is 0 Å². The number of thioether (sulfide) groups is 1. The average molecular weight is 382 g/mol. The molecule has 1 aromatic rings. The highest BCUT2D eigenvalue weighted by atomic mass is 32.2. The third kappa shape index (κ3) is 4.07. The van der Waals surface area contributed by atoms with Crippen LogP contribution < -0.4 is 0 Å². The summed E-state index contributed by atoms with van der Waals surface area (Å²) in [6.45, 7) is 5.46. The maximum Gasteiger partial charge on any atom is 0.246 e. The minimum Gasteiger partial charge on any atom is -0.370 e. The van der Waals surface area contributed by atoms with E-state index in [4.69, 9.17) is 4.74 Å². The van der Waals surface area contributed by atoms with Crippen LogP contribution in [-0.4, -0.2) is 65.4 Å². The van der Waals surface area contributed by atoms with Crippen molar-refractivity contribution in [2.75, 3.05) is 38.5 Å². The van der Waals surface area contributed by atoms with Crippen LogP contribution in [0.4, 0.5) is 8.78 Å². The van der Waals surface area contributed by atoms with Crippen molar-refractivity contribution >= 4 is 23.6 Å². The van der Waals surface area contributed by atoms with E-state index >= 15 is 0 Å². The number of carbonyl (C=O) groups excluding carboxylic acids is 2. The van der Waals surface area contributed by atoms with Crippen LogP contribution in [-0.2, 0) is 14.3 Å². The fourth-order valence-corrected chi connectivity index (χ4v) is 4.28. The van der Waals surface area contributed by atoms with E-state index in [0.717, 1.165) is 12.1 Å². The Morgan fingerprint density at radius 2 is 2.00 bits per heavy atom. The zero-order chi connectivity index (χ0) is 18.7. The van der Waals surface area contributed by atoms with Crippen LogP contribution >= 0.6 is 11.8 Å². The zero-order valence-electron chi connectivity index (χ0n) is 14.2. The molecule has 0 radical (unpaired) electrons. The second-order valence-electron chi connectivity index (χ2n) is 6.17. The van der Waals surface area contributed by atoms with Gasteiger partial charge >= 0.3 is 0 Å². The van der Waals surface area contributed by atoms with Crippen LogP contribution in [0.5, 0.6) is 0 Å². The average Bonchev–Trinajstić information content (AvgIpc) is 2.69. The van der Waals surface area contributed by atoms with Gasteiger partial charge in [0, 0.05) is 25.4 Å². The minimum absolute atomic E-state index is 0.0626. The number of benzene rings is 1. The fourth-order valence-electron chi connectivity index (χ4n) is 3.10. The van der Waals surface area contributed by atoms with Gasteiger partial charge in [0.25, 0.3) is 0 Å². The Bertz CT molecular complexity index is 716. The number of amides is 2. The van der Waals surface area contributed by atoms with Crippen molar-refractivity contribution in [3.8, 4) is 0 Å². The molecule has 0 spiro atoms. The highest BCUT2D eigenvalue weighted by Gasteiger charge is 2.34. The van der Waals surface area contributed by atoms with E-state index in [1.54, 1.807) is 9.80 Å². The lowest BCUT2D eigenvalue weighted by Gasteiger charge is -2.38. The van der Waals surface area contributed by atoms with Gasteiger partial charge in [0.1, 0.15) is 11.4 Å². The molecule has 1 aromatic carbocycles. The van der Waals surface area contributed by atoms with Crippen LogP contribution in [0.3, 0.4) is 0 Å². The third-order valence-electron chi connectivity index (χ3n) is 4.52. The summed E-state index contributed by atoms with van der Waals surface area (Å²) in [5.74, 6) is -1.40. The Balaban J connectivity index is 1.66. The molecule has 2 unspecified atom stereocenters. The SMILES string of the molecule is C=CC(=O)N1CCSC(C(=O)N2CCOC(c3ccc(F)c(F)c3)C2)C1. The third-order valence-corrected chi connectivity index (χ3v) is 5.69. The topological polar surface area (TPSA) is 49.9 Å². The van der Waals surface area contributed by atoms with E-state index in [-0.39, 0.29) is 23.6 Å². The van der Waals surface area contributed by atoms with Gasteiger partial charge in [-0.05, 0) is 23.8 Å². The molecule has 2 amide bonds. The molecule has 2 saturated heterocycles. The molecule has 2 aliphatic heterocycles. The van der Waals surface area contributed by atoms with Crippen LogP contribution in [0.15, 0.2) is 30.9 Å². The van der Waals surface area contributed by atoms with Crippen LogP contribution in [0, 0.1) is 11.6 Å². The normalized spacial score (nSPS) is 23.6. The molecular weight excluding hydrogens is 362 g/mol. The van der Waals surface area contributed by atoms with Gasteiger partial charge in [-0.25, -0.2) is 8.78 Å². The first-order valence-corrected chi connectivity index (χ1v) is 9.42. The summed E-state index contributed by atoms with van der Waals surface area (Å²) in [6, 6.07) is 3.63. The molecule has 5 nitrogen and oxygen atoms in total. The summed E-state index contributed by atoms with van der Waals surface area (Å²) in [6.07, 6.45) is 0.757. The van der Waals surface area contributed by atoms with E-state index in [1.807, 2.05) is 0 Å². The number of nitrogens with zero attached hydrogens (tertiary/aromatic N) is 2. The Morgan fingerprint density at radius 1 is 1.19 bits per heavy atom. The van der Waals surface area contributed by atoms with Crippen molar-refractivity contribution in [1.29, 1.82) is 0 Å². The molecule has 0 N–H and O–H groups in total. The molecule has 140 valence electrons. The summed E-state index contributed by atoms with van der Waals surface area (Å²) in [4.78, 5) is 28.0. The second kappa shape index (κ2) is 8.18. The number of hydrogen-bond donors (Lipinski definition) is 0. The zero-order valence-corrected chi connectivity index (χ0v) is 15.0. The largest absolute Gasteiger partial charge is 0.370 e. The quantitative estimate of drug-likeness (QED) is 0.751. The van der Waals surface area contributed by atoms with Crippen LogP contribution in [0.1, 0.15) is 11.7 Å². The number of hydrogen-bond acceptors (Lipinski definition) is 4. The first-order valence-electron chi connectivity index (χ1n) is 8.38. The summed E-state index contributed by atoms with van der Waals surface area (Å²) in [5, 5.41) is -0.337. The maximum absolute atomic E-state index is 13.5. The Labute approximate surface area is 155 Å². The molecule has 2 fully saturated rings. The molecule has 2 atom stereocenters. The molecule has 3 rings (SSSR count). The summed E-state index contributed by atoms with van der Waals surface area (Å²) in [5.41, 5.74) is 0.501. The lowest BCUT2D eigenvalue weighted by molar-refractivity contribution is -0.139. The molecule has 0 saturated carbocycles. The van der Waals surface area contributed by atoms with E-state index in [2.05, 4.69) is 6.58 Å². The first-order chi connectivity index (χ1) is 12.5. The van der Waals surface area contributed by atoms with Gasteiger partial charge in [0.05, 0.1) is 13.2 Å². The second-order valence-corrected chi connectivity index (χ2v) is 7.48. The molecule has 2 aliphatic rings. The molecule has 0 aromatic heterocycles. The number of halogens is 2. The Hall–Kier alpha value is -1.93. The number of rotatable bonds is 3. The van der Waals surface area contributed by atoms with Crippen molar-refractivity contribution < 1.29 is 23.1 Å². The molecule has 8 heteroatoms. The molecule has 26 heavy (non-hydrogen) atoms. The number of morpholine rings is 1. The van der Waals surface area contributed by atoms with Gasteiger partial charge in [0.2, 0.25) is 11.8 Å². The van der Waals surface area contributed by atoms with E-state index in [0.29, 0.717) is 37.6 Å². The highest BCUT2D eigenvalue weighted by molar-refractivity contribution is 8.00. The number of carbonyl (C=O) groups is 2. The standard InChI is InChI=1S/C18H20F2N2O3S/c1-2-17(23)21-6-8-26-16(11-21)18(24)22-5-7-25-15(10-22)12-3-4-13(19)14(20)9-12/h2-4,9,15-16H,1,5-8,10-11H2. The van der Waals surface area contributed by atoms with E-state index < -0.39 is 17.7 Å². The lowest BCUT2D eigenvalue weighted by atomic mass is 10.1. The van der Waals surface area contributed by atoms with Crippen molar-refractivity contribution in [2.45, 2.75) is 11.4 Å². The summed E-state index contributed by atoms with van der Waals surface area (Å²) >= 11 is 1.53. The van der Waals surface area contributed by atoms with Gasteiger partial charge in [-0.2, -0.15) is 0 Å². The smallest absolute Gasteiger partial charge is 0.246 e. The fraction of sp³-hybridized carbons (Fsp3) is 0.444. The predicted molar refractivity (Wildman–Crippen MR) is 94.7 cm³/mol. The Morgan fingerprint density at radius 3 is 2.73 bits per heavy atom. The predicted octanol–water partition coefficient (Wildman–Crippen LogP) is 1.99. The molecule has 0 aliphatic carbocycles. The maximum atomic E-state index is 13.5. The molecule has 2 heterocycles. The summed E-state index contributed by atoms with van der Waals surface area (Å²) in [7, 11) is 0. The molecular formula is C18H20F2N2O3S. The van der Waals surface area contributed by atoms with Crippen molar-refractivity contribution in [2.24, 2.45) is 0 Å². The van der Waals surface area contributed by atoms with Gasteiger partial charge in [-0.3, -0.25) is 9.59 Å². The lowest BCUT2D eigenvalue weighted by Crippen LogP contribution is -2.51. The van der Waals surface area contributed by atoms with E-state index in [9.17, 15) is 18.4 Å². The van der Waals surface area contributed by atoms with Crippen LogP contribution in [0.25, 0.3) is 0 Å². The van der Waals surface area contributed by atoms with Crippen molar-refractivity contribution in [3.05, 3.63) is 48.1 Å². The minimum atomic E-state index is -0.934. The highest BCUT2D eigenvalue weighted by Crippen LogP contribution is 2.27. The Kier molecular flexibility index (Phi) is 5.93. The summed E-state index contributed by atoms with van der Waals surface area (Å²) < 4.78 is 32.2. The van der Waals surface area contributed by atoms with Gasteiger partial charge < -0.3 is 14.5 Å². The van der Waals surface area contributed by atoms with Gasteiger partial charge in [-0.15, -0.1) is 11.8 Å². The first kappa shape index (κ1) is 18.8. The van der Waals surface area contributed by atoms with E-state index in [1.165, 1.54) is 23.9 Å². The monoisotopic (exact) mass is 382 g/mol. The van der Waals surface area contributed by atoms with Crippen molar-refractivity contribution in [1.82, 2.24) is 9.80 Å². The van der Waals surface area contributed by atoms with Gasteiger partial charge in [0.15, 0.2) is 11.6 Å². The van der Waals surface area contributed by atoms with Crippen molar-refractivity contribution in [3.63, 3.8) is 0 Å². The number of ether oxygens (including phenoxy) is 1. The van der Waals surface area contributed by atoms with Gasteiger partial charge in [-0.1, -0.05) is 12.6 Å². The molecule has 0 bridgehead atoms.